The normalized spacial score (nSPS) is 10.5. The summed E-state index contributed by atoms with van der Waals surface area (Å²) >= 11 is 3.05. The van der Waals surface area contributed by atoms with Crippen molar-refractivity contribution in [3.8, 4) is 10.7 Å². The van der Waals surface area contributed by atoms with Gasteiger partial charge in [-0.2, -0.15) is 0 Å². The highest BCUT2D eigenvalue weighted by Crippen LogP contribution is 2.28. The molecule has 0 aliphatic rings. The summed E-state index contributed by atoms with van der Waals surface area (Å²) in [6.45, 7) is 0. The number of anilines is 2. The van der Waals surface area contributed by atoms with Crippen molar-refractivity contribution < 1.29 is 4.39 Å². The molecule has 0 aliphatic carbocycles. The van der Waals surface area contributed by atoms with Crippen LogP contribution in [-0.2, 0) is 0 Å². The summed E-state index contributed by atoms with van der Waals surface area (Å²) in [4.78, 5) is 8.64. The first-order valence-electron chi connectivity index (χ1n) is 5.19. The first-order chi connectivity index (χ1) is 8.81. The molecule has 1 aromatic carbocycles. The highest BCUT2D eigenvalue weighted by atomic mass is 32.1. The summed E-state index contributed by atoms with van der Waals surface area (Å²) in [6.07, 6.45) is 1.76. The molecule has 3 aromatic rings. The molecule has 0 bridgehead atoms. The predicted molar refractivity (Wildman–Crippen MR) is 72.9 cm³/mol. The fourth-order valence-corrected chi connectivity index (χ4v) is 2.82. The van der Waals surface area contributed by atoms with Crippen LogP contribution in [0.1, 0.15) is 0 Å². The number of nitrogens with zero attached hydrogens (tertiary/aromatic N) is 2. The van der Waals surface area contributed by atoms with Gasteiger partial charge in [-0.05, 0) is 24.3 Å². The topological polar surface area (TPSA) is 37.8 Å². The zero-order valence-electron chi connectivity index (χ0n) is 9.13. The van der Waals surface area contributed by atoms with Gasteiger partial charge < -0.3 is 5.32 Å². The quantitative estimate of drug-likeness (QED) is 0.781. The van der Waals surface area contributed by atoms with E-state index in [1.54, 1.807) is 29.7 Å². The minimum Gasteiger partial charge on any atom is -0.332 e. The van der Waals surface area contributed by atoms with Gasteiger partial charge in [0, 0.05) is 22.6 Å². The maximum atomic E-state index is 12.8. The van der Waals surface area contributed by atoms with E-state index in [4.69, 9.17) is 0 Å². The molecular weight excluding hydrogens is 269 g/mol. The highest BCUT2D eigenvalue weighted by Gasteiger charge is 2.06. The van der Waals surface area contributed by atoms with Gasteiger partial charge in [-0.15, -0.1) is 22.7 Å². The second-order valence-corrected chi connectivity index (χ2v) is 5.26. The molecule has 2 heterocycles. The molecule has 0 atom stereocenters. The molecule has 0 spiro atoms. The summed E-state index contributed by atoms with van der Waals surface area (Å²) < 4.78 is 12.8. The van der Waals surface area contributed by atoms with Crippen LogP contribution in [0.25, 0.3) is 10.7 Å². The molecule has 6 heteroatoms. The first kappa shape index (κ1) is 11.3. The number of hydrogen-bond acceptors (Lipinski definition) is 5. The SMILES string of the molecule is Fc1ccc(Nc2nc(-c3nccs3)cs2)cc1. The molecule has 2 aromatic heterocycles. The van der Waals surface area contributed by atoms with E-state index in [0.717, 1.165) is 21.5 Å². The largest absolute Gasteiger partial charge is 0.332 e. The van der Waals surface area contributed by atoms with Gasteiger partial charge >= 0.3 is 0 Å². The molecule has 0 unspecified atom stereocenters. The van der Waals surface area contributed by atoms with Gasteiger partial charge in [0.05, 0.1) is 0 Å². The molecule has 0 saturated carbocycles. The van der Waals surface area contributed by atoms with Crippen molar-refractivity contribution in [3.05, 3.63) is 47.0 Å². The van der Waals surface area contributed by atoms with E-state index < -0.39 is 0 Å². The zero-order valence-corrected chi connectivity index (χ0v) is 10.8. The molecule has 0 saturated heterocycles. The van der Waals surface area contributed by atoms with Crippen molar-refractivity contribution in [2.75, 3.05) is 5.32 Å². The Bertz CT molecular complexity index is 632. The molecule has 0 aliphatic heterocycles. The van der Waals surface area contributed by atoms with E-state index in [1.165, 1.54) is 23.5 Å². The van der Waals surface area contributed by atoms with E-state index in [-0.39, 0.29) is 5.82 Å². The number of aromatic nitrogens is 2. The zero-order chi connectivity index (χ0) is 12.4. The van der Waals surface area contributed by atoms with E-state index >= 15 is 0 Å². The highest BCUT2D eigenvalue weighted by molar-refractivity contribution is 7.15. The minimum atomic E-state index is -0.247. The number of hydrogen-bond donors (Lipinski definition) is 1. The van der Waals surface area contributed by atoms with Gasteiger partial charge in [-0.3, -0.25) is 0 Å². The summed E-state index contributed by atoms with van der Waals surface area (Å²) in [5.41, 5.74) is 1.68. The second-order valence-electron chi connectivity index (χ2n) is 3.51. The lowest BCUT2D eigenvalue weighted by atomic mass is 10.3. The number of thiazole rings is 2. The van der Waals surface area contributed by atoms with E-state index in [1.807, 2.05) is 10.8 Å². The summed E-state index contributed by atoms with van der Waals surface area (Å²) in [7, 11) is 0. The second kappa shape index (κ2) is 4.83. The Morgan fingerprint density at radius 3 is 2.67 bits per heavy atom. The van der Waals surface area contributed by atoms with Gasteiger partial charge in [0.1, 0.15) is 16.5 Å². The van der Waals surface area contributed by atoms with Crippen molar-refractivity contribution in [1.29, 1.82) is 0 Å². The average molecular weight is 277 g/mol. The molecule has 3 rings (SSSR count). The van der Waals surface area contributed by atoms with E-state index in [2.05, 4.69) is 15.3 Å². The monoisotopic (exact) mass is 277 g/mol. The molecule has 0 fully saturated rings. The Labute approximate surface area is 111 Å². The number of halogens is 1. The number of benzene rings is 1. The molecule has 0 radical (unpaired) electrons. The van der Waals surface area contributed by atoms with Crippen LogP contribution >= 0.6 is 22.7 Å². The lowest BCUT2D eigenvalue weighted by Crippen LogP contribution is -1.89. The minimum absolute atomic E-state index is 0.247. The van der Waals surface area contributed by atoms with Gasteiger partial charge in [0.15, 0.2) is 5.13 Å². The molecule has 90 valence electrons. The molecule has 1 N–H and O–H groups in total. The fourth-order valence-electron chi connectivity index (χ4n) is 1.44. The van der Waals surface area contributed by atoms with E-state index in [0.29, 0.717) is 0 Å². The Morgan fingerprint density at radius 2 is 1.94 bits per heavy atom. The van der Waals surface area contributed by atoms with Crippen LogP contribution < -0.4 is 5.32 Å². The summed E-state index contributed by atoms with van der Waals surface area (Å²) in [6, 6.07) is 6.19. The van der Waals surface area contributed by atoms with Crippen molar-refractivity contribution in [2.24, 2.45) is 0 Å². The Morgan fingerprint density at radius 1 is 1.11 bits per heavy atom. The maximum Gasteiger partial charge on any atom is 0.187 e. The van der Waals surface area contributed by atoms with Crippen LogP contribution in [0.15, 0.2) is 41.2 Å². The smallest absolute Gasteiger partial charge is 0.187 e. The maximum absolute atomic E-state index is 12.8. The summed E-state index contributed by atoms with van der Waals surface area (Å²) in [5, 5.41) is 8.67. The fraction of sp³-hybridized carbons (Fsp3) is 0. The molecule has 0 amide bonds. The van der Waals surface area contributed by atoms with Crippen LogP contribution in [0.3, 0.4) is 0 Å². The average Bonchev–Trinajstić information content (AvgIpc) is 3.02. The molecular formula is C12H8FN3S2. The van der Waals surface area contributed by atoms with Crippen LogP contribution in [0.4, 0.5) is 15.2 Å². The van der Waals surface area contributed by atoms with Gasteiger partial charge in [0.2, 0.25) is 0 Å². The molecule has 18 heavy (non-hydrogen) atoms. The lowest BCUT2D eigenvalue weighted by molar-refractivity contribution is 0.628. The van der Waals surface area contributed by atoms with Gasteiger partial charge in [-0.25, -0.2) is 14.4 Å². The van der Waals surface area contributed by atoms with Crippen LogP contribution in [0.2, 0.25) is 0 Å². The lowest BCUT2D eigenvalue weighted by Gasteiger charge is -2.01. The third kappa shape index (κ3) is 2.39. The van der Waals surface area contributed by atoms with E-state index in [9.17, 15) is 4.39 Å². The van der Waals surface area contributed by atoms with Crippen LogP contribution in [-0.4, -0.2) is 9.97 Å². The molecule has 3 nitrogen and oxygen atoms in total. The standard InChI is InChI=1S/C12H8FN3S2/c13-8-1-3-9(4-2-8)15-12-16-10(7-18-12)11-14-5-6-17-11/h1-7H,(H,15,16). The summed E-state index contributed by atoms with van der Waals surface area (Å²) in [5.74, 6) is -0.247. The van der Waals surface area contributed by atoms with Crippen molar-refractivity contribution in [2.45, 2.75) is 0 Å². The first-order valence-corrected chi connectivity index (χ1v) is 6.95. The number of nitrogens with one attached hydrogen (secondary N) is 1. The van der Waals surface area contributed by atoms with Gasteiger partial charge in [0.25, 0.3) is 0 Å². The predicted octanol–water partition coefficient (Wildman–Crippen LogP) is 4.15. The van der Waals surface area contributed by atoms with Gasteiger partial charge in [-0.1, -0.05) is 0 Å². The van der Waals surface area contributed by atoms with Crippen LogP contribution in [0.5, 0.6) is 0 Å². The van der Waals surface area contributed by atoms with Crippen molar-refractivity contribution in [1.82, 2.24) is 9.97 Å². The Balaban J connectivity index is 1.80. The number of rotatable bonds is 3. The Kier molecular flexibility index (Phi) is 3.04. The third-order valence-electron chi connectivity index (χ3n) is 2.25. The van der Waals surface area contributed by atoms with Crippen molar-refractivity contribution >= 4 is 33.5 Å². The Hall–Kier alpha value is -1.79. The van der Waals surface area contributed by atoms with Crippen LogP contribution in [0, 0.1) is 5.82 Å². The van der Waals surface area contributed by atoms with Crippen molar-refractivity contribution in [3.63, 3.8) is 0 Å². The third-order valence-corrected chi connectivity index (χ3v) is 3.80.